The Balaban J connectivity index is 3.06. The summed E-state index contributed by atoms with van der Waals surface area (Å²) in [6.07, 6.45) is 2.15. The van der Waals surface area contributed by atoms with Crippen LogP contribution in [0, 0.1) is 15.9 Å². The Hall–Kier alpha value is -1.58. The molecule has 0 spiro atoms. The number of hydrogen-bond acceptors (Lipinski definition) is 5. The fourth-order valence-corrected chi connectivity index (χ4v) is 3.15. The molecule has 9 heteroatoms. The van der Waals surface area contributed by atoms with Gasteiger partial charge in [-0.2, -0.15) is 0 Å². The van der Waals surface area contributed by atoms with E-state index in [1.807, 2.05) is 6.92 Å². The Morgan fingerprint density at radius 3 is 2.67 bits per heavy atom. The fourth-order valence-electron chi connectivity index (χ4n) is 1.77. The van der Waals surface area contributed by atoms with Crippen molar-refractivity contribution in [1.82, 2.24) is 4.72 Å². The third kappa shape index (κ3) is 4.73. The van der Waals surface area contributed by atoms with E-state index in [1.54, 1.807) is 0 Å². The highest BCUT2D eigenvalue weighted by atomic mass is 32.2. The lowest BCUT2D eigenvalue weighted by molar-refractivity contribution is -0.385. The van der Waals surface area contributed by atoms with Gasteiger partial charge >= 0.3 is 0 Å². The maximum atomic E-state index is 13.7. The maximum Gasteiger partial charge on any atom is 0.270 e. The van der Waals surface area contributed by atoms with Crippen molar-refractivity contribution in [3.63, 3.8) is 0 Å². The first-order valence-electron chi connectivity index (χ1n) is 6.48. The maximum absolute atomic E-state index is 13.7. The molecule has 0 saturated carbocycles. The predicted octanol–water partition coefficient (Wildman–Crippen LogP) is 1.53. The number of sulfonamides is 1. The molecule has 7 nitrogen and oxygen atoms in total. The van der Waals surface area contributed by atoms with Gasteiger partial charge in [-0.3, -0.25) is 10.1 Å². The van der Waals surface area contributed by atoms with E-state index in [0.717, 1.165) is 25.0 Å². The molecule has 21 heavy (non-hydrogen) atoms. The van der Waals surface area contributed by atoms with Crippen LogP contribution in [0.3, 0.4) is 0 Å². The van der Waals surface area contributed by atoms with Gasteiger partial charge in [-0.05, 0) is 12.5 Å². The summed E-state index contributed by atoms with van der Waals surface area (Å²) in [5.74, 6) is -1.04. The summed E-state index contributed by atoms with van der Waals surface area (Å²) >= 11 is 0. The van der Waals surface area contributed by atoms with E-state index in [2.05, 4.69) is 4.72 Å². The quantitative estimate of drug-likeness (QED) is 0.557. The van der Waals surface area contributed by atoms with Gasteiger partial charge in [-0.25, -0.2) is 17.5 Å². The van der Waals surface area contributed by atoms with Gasteiger partial charge < -0.3 is 5.73 Å². The number of halogens is 1. The topological polar surface area (TPSA) is 115 Å². The Bertz CT molecular complexity index is 607. The van der Waals surface area contributed by atoms with E-state index in [9.17, 15) is 22.9 Å². The predicted molar refractivity (Wildman–Crippen MR) is 75.7 cm³/mol. The SMILES string of the molecule is CCCCC(CN)NS(=O)(=O)c1cc([N+](=O)[O-])ccc1F. The van der Waals surface area contributed by atoms with Crippen molar-refractivity contribution in [2.75, 3.05) is 6.54 Å². The van der Waals surface area contributed by atoms with E-state index < -0.39 is 37.4 Å². The van der Waals surface area contributed by atoms with E-state index in [-0.39, 0.29) is 6.54 Å². The zero-order valence-corrected chi connectivity index (χ0v) is 12.4. The molecule has 0 saturated heterocycles. The lowest BCUT2D eigenvalue weighted by Gasteiger charge is -2.16. The van der Waals surface area contributed by atoms with Crippen LogP contribution in [0.1, 0.15) is 26.2 Å². The zero-order chi connectivity index (χ0) is 16.0. The third-order valence-corrected chi connectivity index (χ3v) is 4.46. The van der Waals surface area contributed by atoms with Crippen molar-refractivity contribution < 1.29 is 17.7 Å². The van der Waals surface area contributed by atoms with Crippen molar-refractivity contribution >= 4 is 15.7 Å². The van der Waals surface area contributed by atoms with Gasteiger partial charge in [0.25, 0.3) is 5.69 Å². The smallest absolute Gasteiger partial charge is 0.270 e. The second-order valence-electron chi connectivity index (χ2n) is 4.57. The summed E-state index contributed by atoms with van der Waals surface area (Å²) in [5.41, 5.74) is 4.99. The second-order valence-corrected chi connectivity index (χ2v) is 6.25. The van der Waals surface area contributed by atoms with Crippen molar-refractivity contribution in [1.29, 1.82) is 0 Å². The van der Waals surface area contributed by atoms with Gasteiger partial charge in [-0.15, -0.1) is 0 Å². The van der Waals surface area contributed by atoms with Crippen LogP contribution in [0.4, 0.5) is 10.1 Å². The molecule has 0 fully saturated rings. The Kier molecular flexibility index (Phi) is 6.19. The molecular weight excluding hydrogens is 301 g/mol. The van der Waals surface area contributed by atoms with E-state index in [0.29, 0.717) is 12.5 Å². The molecule has 1 atom stereocenters. The number of hydrogen-bond donors (Lipinski definition) is 2. The third-order valence-electron chi connectivity index (χ3n) is 2.93. The van der Waals surface area contributed by atoms with Crippen LogP contribution in [0.5, 0.6) is 0 Å². The van der Waals surface area contributed by atoms with E-state index in [1.165, 1.54) is 0 Å². The van der Waals surface area contributed by atoms with Gasteiger partial charge in [0.2, 0.25) is 10.0 Å². The average Bonchev–Trinajstić information content (AvgIpc) is 2.43. The molecule has 0 heterocycles. The Labute approximate surface area is 122 Å². The largest absolute Gasteiger partial charge is 0.329 e. The number of nitro benzene ring substituents is 1. The number of benzene rings is 1. The minimum absolute atomic E-state index is 0.0653. The highest BCUT2D eigenvalue weighted by molar-refractivity contribution is 7.89. The standard InChI is InChI=1S/C12H18FN3O4S/c1-2-3-4-9(8-14)15-21(19,20)12-7-10(16(17)18)5-6-11(12)13/h5-7,9,15H,2-4,8,14H2,1H3. The van der Waals surface area contributed by atoms with Crippen molar-refractivity contribution in [2.24, 2.45) is 5.73 Å². The molecule has 1 rings (SSSR count). The summed E-state index contributed by atoms with van der Waals surface area (Å²) in [6.45, 7) is 2.01. The van der Waals surface area contributed by atoms with Gasteiger partial charge in [0.05, 0.1) is 4.92 Å². The second kappa shape index (κ2) is 7.43. The van der Waals surface area contributed by atoms with Gasteiger partial charge in [0, 0.05) is 24.7 Å². The highest BCUT2D eigenvalue weighted by Crippen LogP contribution is 2.21. The molecular formula is C12H18FN3O4S. The van der Waals surface area contributed by atoms with Gasteiger partial charge in [-0.1, -0.05) is 19.8 Å². The first kappa shape index (κ1) is 17.5. The minimum atomic E-state index is -4.20. The van der Waals surface area contributed by atoms with Crippen molar-refractivity contribution in [3.8, 4) is 0 Å². The van der Waals surface area contributed by atoms with E-state index in [4.69, 9.17) is 5.73 Å². The first-order valence-corrected chi connectivity index (χ1v) is 7.96. The summed E-state index contributed by atoms with van der Waals surface area (Å²) in [5, 5.41) is 10.7. The molecule has 118 valence electrons. The zero-order valence-electron chi connectivity index (χ0n) is 11.6. The Morgan fingerprint density at radius 1 is 1.48 bits per heavy atom. The molecule has 0 bridgehead atoms. The molecule has 1 aromatic rings. The number of nitro groups is 1. The molecule has 0 aromatic heterocycles. The van der Waals surface area contributed by atoms with Crippen LogP contribution < -0.4 is 10.5 Å². The molecule has 0 aliphatic heterocycles. The lowest BCUT2D eigenvalue weighted by atomic mass is 10.1. The van der Waals surface area contributed by atoms with Crippen molar-refractivity contribution in [3.05, 3.63) is 34.1 Å². The highest BCUT2D eigenvalue weighted by Gasteiger charge is 2.25. The molecule has 1 unspecified atom stereocenters. The first-order chi connectivity index (χ1) is 9.81. The number of nitrogens with one attached hydrogen (secondary N) is 1. The molecule has 0 radical (unpaired) electrons. The molecule has 0 aliphatic carbocycles. The van der Waals surface area contributed by atoms with Crippen LogP contribution in [0.15, 0.2) is 23.1 Å². The molecule has 1 aromatic carbocycles. The number of unbranched alkanes of at least 4 members (excludes halogenated alkanes) is 1. The van der Waals surface area contributed by atoms with Crippen LogP contribution in [-0.4, -0.2) is 25.9 Å². The monoisotopic (exact) mass is 319 g/mol. The van der Waals surface area contributed by atoms with Crippen LogP contribution in [-0.2, 0) is 10.0 Å². The average molecular weight is 319 g/mol. The number of rotatable bonds is 8. The van der Waals surface area contributed by atoms with Gasteiger partial charge in [0.1, 0.15) is 10.7 Å². The van der Waals surface area contributed by atoms with E-state index >= 15 is 0 Å². The number of nitrogens with zero attached hydrogens (tertiary/aromatic N) is 1. The number of nitrogens with two attached hydrogens (primary N) is 1. The summed E-state index contributed by atoms with van der Waals surface area (Å²) in [6, 6.07) is 1.83. The van der Waals surface area contributed by atoms with Crippen molar-refractivity contribution in [2.45, 2.75) is 37.1 Å². The summed E-state index contributed by atoms with van der Waals surface area (Å²) < 4.78 is 40.2. The summed E-state index contributed by atoms with van der Waals surface area (Å²) in [7, 11) is -4.20. The Morgan fingerprint density at radius 2 is 2.14 bits per heavy atom. The minimum Gasteiger partial charge on any atom is -0.329 e. The number of non-ortho nitro benzene ring substituents is 1. The van der Waals surface area contributed by atoms with Crippen LogP contribution in [0.2, 0.25) is 0 Å². The molecule has 3 N–H and O–H groups in total. The molecule has 0 amide bonds. The van der Waals surface area contributed by atoms with Crippen LogP contribution >= 0.6 is 0 Å². The fraction of sp³-hybridized carbons (Fsp3) is 0.500. The molecule has 0 aliphatic rings. The van der Waals surface area contributed by atoms with Crippen LogP contribution in [0.25, 0.3) is 0 Å². The normalized spacial score (nSPS) is 13.1. The van der Waals surface area contributed by atoms with Gasteiger partial charge in [0.15, 0.2) is 0 Å². The summed E-state index contributed by atoms with van der Waals surface area (Å²) in [4.78, 5) is 9.13. The lowest BCUT2D eigenvalue weighted by Crippen LogP contribution is -2.40.